The molecule has 0 saturated heterocycles. The lowest BCUT2D eigenvalue weighted by Crippen LogP contribution is -2.12. The van der Waals surface area contributed by atoms with Crippen LogP contribution in [0.25, 0.3) is 5.69 Å². The minimum Gasteiger partial charge on any atom is -0.417 e. The fraction of sp³-hybridized carbons (Fsp3) is 0.267. The summed E-state index contributed by atoms with van der Waals surface area (Å²) in [7, 11) is 0. The third kappa shape index (κ3) is 3.88. The third-order valence-electron chi connectivity index (χ3n) is 3.00. The first-order valence-electron chi connectivity index (χ1n) is 6.54. The van der Waals surface area contributed by atoms with Crippen LogP contribution < -0.4 is 0 Å². The summed E-state index contributed by atoms with van der Waals surface area (Å²) in [5.74, 6) is 0.346. The van der Waals surface area contributed by atoms with Crippen molar-refractivity contribution in [1.82, 2.24) is 9.55 Å². The smallest absolute Gasteiger partial charge is 0.308 e. The molecule has 2 aromatic rings. The van der Waals surface area contributed by atoms with Gasteiger partial charge in [0.25, 0.3) is 0 Å². The van der Waals surface area contributed by atoms with Crippen molar-refractivity contribution in [1.29, 1.82) is 0 Å². The maximum absolute atomic E-state index is 10.9. The minimum absolute atomic E-state index is 0.168. The van der Waals surface area contributed by atoms with Gasteiger partial charge in [0, 0.05) is 37.8 Å². The predicted molar refractivity (Wildman–Crippen MR) is 81.5 cm³/mol. The maximum atomic E-state index is 10.9. The molecular weight excluding hydrogens is 288 g/mol. The lowest BCUT2D eigenvalue weighted by molar-refractivity contribution is -0.132. The van der Waals surface area contributed by atoms with Gasteiger partial charge in [0.1, 0.15) is 17.1 Å². The highest BCUT2D eigenvalue weighted by Gasteiger charge is 2.10. The molecule has 0 aliphatic carbocycles. The van der Waals surface area contributed by atoms with Gasteiger partial charge in [-0.3, -0.25) is 4.79 Å². The van der Waals surface area contributed by atoms with Gasteiger partial charge in [-0.2, -0.15) is 0 Å². The number of nitrogens with zero attached hydrogens (tertiary/aromatic N) is 2. The van der Waals surface area contributed by atoms with Crippen LogP contribution in [-0.4, -0.2) is 24.8 Å². The number of hydrogen-bond donors (Lipinski definition) is 0. The fourth-order valence-electron chi connectivity index (χ4n) is 2.06. The molecule has 0 spiro atoms. The van der Waals surface area contributed by atoms with Crippen molar-refractivity contribution in [3.05, 3.63) is 48.0 Å². The Bertz CT molecular complexity index is 702. The van der Waals surface area contributed by atoms with E-state index in [0.717, 1.165) is 17.1 Å². The van der Waals surface area contributed by atoms with Crippen molar-refractivity contribution < 1.29 is 13.7 Å². The van der Waals surface area contributed by atoms with E-state index in [0.29, 0.717) is 12.8 Å². The number of imidazole rings is 1. The van der Waals surface area contributed by atoms with Crippen molar-refractivity contribution in [2.45, 2.75) is 26.7 Å². The topological polar surface area (TPSA) is 61.2 Å². The Morgan fingerprint density at radius 3 is 2.81 bits per heavy atom. The SMILES string of the molecule is CC(=O)OC(CCc1nccn1-c1ccccc1C)=S=O. The number of aromatic nitrogens is 2. The molecule has 21 heavy (non-hydrogen) atoms. The second-order valence-electron chi connectivity index (χ2n) is 4.55. The van der Waals surface area contributed by atoms with Gasteiger partial charge in [-0.1, -0.05) is 18.2 Å². The number of benzene rings is 1. The highest BCUT2D eigenvalue weighted by Crippen LogP contribution is 2.16. The van der Waals surface area contributed by atoms with Crippen LogP contribution in [-0.2, 0) is 27.2 Å². The molecule has 0 aliphatic heterocycles. The molecule has 6 heteroatoms. The lowest BCUT2D eigenvalue weighted by Gasteiger charge is -2.10. The van der Waals surface area contributed by atoms with E-state index in [4.69, 9.17) is 4.74 Å². The van der Waals surface area contributed by atoms with Gasteiger partial charge in [-0.15, -0.1) is 0 Å². The molecule has 0 N–H and O–H groups in total. The molecule has 0 fully saturated rings. The van der Waals surface area contributed by atoms with Crippen molar-refractivity contribution in [3.8, 4) is 5.69 Å². The number of aryl methyl sites for hydroxylation is 2. The van der Waals surface area contributed by atoms with Crippen molar-refractivity contribution in [2.75, 3.05) is 0 Å². The Labute approximate surface area is 126 Å². The largest absolute Gasteiger partial charge is 0.417 e. The summed E-state index contributed by atoms with van der Waals surface area (Å²) in [6.07, 6.45) is 4.49. The standard InChI is InChI=1S/C15H16N2O3S/c1-11-5-3-4-6-13(11)17-10-9-16-14(17)7-8-15(21-19)20-12(2)18/h3-6,9-10H,7-8H2,1-2H3. The average Bonchev–Trinajstić information content (AvgIpc) is 2.91. The number of ether oxygens (including phenoxy) is 1. The Morgan fingerprint density at radius 2 is 2.14 bits per heavy atom. The van der Waals surface area contributed by atoms with Crippen molar-refractivity contribution in [2.24, 2.45) is 0 Å². The highest BCUT2D eigenvalue weighted by atomic mass is 32.1. The first kappa shape index (κ1) is 15.2. The highest BCUT2D eigenvalue weighted by molar-refractivity contribution is 7.66. The zero-order valence-corrected chi connectivity index (χ0v) is 12.7. The second kappa shape index (κ2) is 6.99. The number of carbonyl (C=O) groups excluding carboxylic acids is 1. The molecule has 110 valence electrons. The third-order valence-corrected chi connectivity index (χ3v) is 3.47. The Morgan fingerprint density at radius 1 is 1.38 bits per heavy atom. The first-order chi connectivity index (χ1) is 10.1. The number of rotatable bonds is 4. The van der Waals surface area contributed by atoms with E-state index < -0.39 is 5.97 Å². The van der Waals surface area contributed by atoms with Gasteiger partial charge < -0.3 is 9.30 Å². The Kier molecular flexibility index (Phi) is 5.05. The van der Waals surface area contributed by atoms with Crippen LogP contribution in [0.2, 0.25) is 0 Å². The summed E-state index contributed by atoms with van der Waals surface area (Å²) in [5.41, 5.74) is 2.19. The monoisotopic (exact) mass is 304 g/mol. The normalized spacial score (nSPS) is 10.2. The van der Waals surface area contributed by atoms with Crippen LogP contribution in [0.1, 0.15) is 24.7 Å². The molecule has 0 radical (unpaired) electrons. The summed E-state index contributed by atoms with van der Waals surface area (Å²) in [4.78, 5) is 15.2. The molecule has 1 aromatic heterocycles. The maximum Gasteiger partial charge on any atom is 0.308 e. The number of carbonyl (C=O) groups is 1. The van der Waals surface area contributed by atoms with E-state index in [1.807, 2.05) is 42.0 Å². The van der Waals surface area contributed by atoms with Crippen LogP contribution in [0.4, 0.5) is 0 Å². The summed E-state index contributed by atoms with van der Waals surface area (Å²) in [5, 5.41) is 0.168. The summed E-state index contributed by atoms with van der Waals surface area (Å²) >= 11 is 0.211. The van der Waals surface area contributed by atoms with E-state index in [2.05, 4.69) is 4.98 Å². The summed E-state index contributed by atoms with van der Waals surface area (Å²) < 4.78 is 17.7. The van der Waals surface area contributed by atoms with Crippen LogP contribution >= 0.6 is 0 Å². The number of hydrogen-bond acceptors (Lipinski definition) is 4. The minimum atomic E-state index is -0.476. The second-order valence-corrected chi connectivity index (χ2v) is 5.17. The summed E-state index contributed by atoms with van der Waals surface area (Å²) in [6.45, 7) is 3.31. The van der Waals surface area contributed by atoms with E-state index in [1.165, 1.54) is 6.92 Å². The first-order valence-corrected chi connectivity index (χ1v) is 7.28. The fourth-order valence-corrected chi connectivity index (χ4v) is 2.39. The van der Waals surface area contributed by atoms with E-state index >= 15 is 0 Å². The Balaban J connectivity index is 2.17. The van der Waals surface area contributed by atoms with Gasteiger partial charge in [-0.05, 0) is 18.6 Å². The molecule has 0 atom stereocenters. The van der Waals surface area contributed by atoms with E-state index in [9.17, 15) is 9.00 Å². The Hall–Kier alpha value is -2.21. The zero-order chi connectivity index (χ0) is 15.2. The molecule has 1 aromatic carbocycles. The van der Waals surface area contributed by atoms with Crippen LogP contribution in [0.15, 0.2) is 36.7 Å². The van der Waals surface area contributed by atoms with Crippen LogP contribution in [0.3, 0.4) is 0 Å². The molecule has 1 heterocycles. The zero-order valence-electron chi connectivity index (χ0n) is 11.9. The average molecular weight is 304 g/mol. The molecule has 0 bridgehead atoms. The van der Waals surface area contributed by atoms with Gasteiger partial charge in [0.15, 0.2) is 5.05 Å². The molecule has 5 nitrogen and oxygen atoms in total. The summed E-state index contributed by atoms with van der Waals surface area (Å²) in [6, 6.07) is 7.99. The van der Waals surface area contributed by atoms with E-state index in [1.54, 1.807) is 6.20 Å². The van der Waals surface area contributed by atoms with Crippen LogP contribution in [0.5, 0.6) is 0 Å². The van der Waals surface area contributed by atoms with Crippen molar-refractivity contribution in [3.63, 3.8) is 0 Å². The molecule has 0 amide bonds. The molecule has 0 saturated carbocycles. The van der Waals surface area contributed by atoms with Gasteiger partial charge >= 0.3 is 5.97 Å². The van der Waals surface area contributed by atoms with E-state index in [-0.39, 0.29) is 16.3 Å². The molecular formula is C15H16N2O3S. The quantitative estimate of drug-likeness (QED) is 0.640. The molecule has 0 aliphatic rings. The van der Waals surface area contributed by atoms with Gasteiger partial charge in [-0.25, -0.2) is 9.19 Å². The number of para-hydroxylation sites is 1. The van der Waals surface area contributed by atoms with Crippen molar-refractivity contribution >= 4 is 22.3 Å². The molecule has 2 rings (SSSR count). The van der Waals surface area contributed by atoms with Gasteiger partial charge in [0.05, 0.1) is 0 Å². The molecule has 0 unspecified atom stereocenters. The lowest BCUT2D eigenvalue weighted by atomic mass is 10.2. The van der Waals surface area contributed by atoms with Crippen LogP contribution in [0, 0.1) is 6.92 Å². The number of esters is 1. The predicted octanol–water partition coefficient (Wildman–Crippen LogP) is 2.02. The van der Waals surface area contributed by atoms with Gasteiger partial charge in [0.2, 0.25) is 0 Å².